The Morgan fingerprint density at radius 1 is 1.33 bits per heavy atom. The van der Waals surface area contributed by atoms with E-state index in [1.165, 1.54) is 12.8 Å². The minimum Gasteiger partial charge on any atom is -0.465 e. The van der Waals surface area contributed by atoms with Crippen LogP contribution in [0.3, 0.4) is 0 Å². The zero-order valence-corrected chi connectivity index (χ0v) is 10.4. The van der Waals surface area contributed by atoms with Crippen molar-refractivity contribution in [2.45, 2.75) is 50.6 Å². The molecule has 2 aliphatic heterocycles. The molecule has 0 aromatic heterocycles. The summed E-state index contributed by atoms with van der Waals surface area (Å²) in [5.41, 5.74) is 0. The molecule has 2 atom stereocenters. The predicted octanol–water partition coefficient (Wildman–Crippen LogP) is 3.08. The largest absolute Gasteiger partial charge is 0.465 e. The summed E-state index contributed by atoms with van der Waals surface area (Å²) in [6.45, 7) is 0. The summed E-state index contributed by atoms with van der Waals surface area (Å²) in [7, 11) is 0. The van der Waals surface area contributed by atoms with Crippen molar-refractivity contribution in [2.24, 2.45) is 5.92 Å². The van der Waals surface area contributed by atoms with Gasteiger partial charge in [-0.2, -0.15) is 0 Å². The highest BCUT2D eigenvalue weighted by atomic mass is 79.9. The van der Waals surface area contributed by atoms with E-state index in [0.29, 0.717) is 12.1 Å². The van der Waals surface area contributed by atoms with E-state index in [1.807, 2.05) is 0 Å². The molecule has 1 N–H and O–H groups in total. The van der Waals surface area contributed by atoms with Crippen molar-refractivity contribution in [1.29, 1.82) is 0 Å². The van der Waals surface area contributed by atoms with Crippen LogP contribution >= 0.6 is 15.9 Å². The number of hydrogen-bond donors (Lipinski definition) is 1. The quantitative estimate of drug-likeness (QED) is 0.805. The summed E-state index contributed by atoms with van der Waals surface area (Å²) in [6.07, 6.45) is 6.12. The van der Waals surface area contributed by atoms with Crippen molar-refractivity contribution < 1.29 is 9.90 Å². The van der Waals surface area contributed by atoms with E-state index in [9.17, 15) is 4.79 Å². The van der Waals surface area contributed by atoms with Crippen LogP contribution in [0.2, 0.25) is 0 Å². The molecule has 2 rings (SSSR count). The first-order valence-corrected chi connectivity index (χ1v) is 6.91. The van der Waals surface area contributed by atoms with E-state index in [0.717, 1.165) is 36.9 Å². The van der Waals surface area contributed by atoms with Gasteiger partial charge >= 0.3 is 6.09 Å². The summed E-state index contributed by atoms with van der Waals surface area (Å²) in [4.78, 5) is 12.8. The first-order valence-electron chi connectivity index (χ1n) is 5.79. The Hall–Kier alpha value is -0.250. The van der Waals surface area contributed by atoms with Gasteiger partial charge in [-0.3, -0.25) is 0 Å². The fourth-order valence-electron chi connectivity index (χ4n) is 3.20. The van der Waals surface area contributed by atoms with Crippen LogP contribution in [0.25, 0.3) is 0 Å². The zero-order valence-electron chi connectivity index (χ0n) is 8.86. The van der Waals surface area contributed by atoms with Crippen LogP contribution < -0.4 is 0 Å². The standard InChI is InChI=1S/C11H18BrNO2/c12-5-1-2-8-6-9-3-4-10(7-8)13(9)11(14)15/h8-10H,1-7H2,(H,14,15). The van der Waals surface area contributed by atoms with E-state index in [2.05, 4.69) is 15.9 Å². The van der Waals surface area contributed by atoms with Crippen LogP contribution in [0.5, 0.6) is 0 Å². The molecule has 0 spiro atoms. The molecule has 0 aromatic carbocycles. The molecule has 2 fully saturated rings. The van der Waals surface area contributed by atoms with E-state index in [4.69, 9.17) is 5.11 Å². The molecule has 2 saturated heterocycles. The maximum absolute atomic E-state index is 11.1. The smallest absolute Gasteiger partial charge is 0.407 e. The fraction of sp³-hybridized carbons (Fsp3) is 0.909. The Morgan fingerprint density at radius 2 is 1.93 bits per heavy atom. The fourth-order valence-corrected chi connectivity index (χ4v) is 3.53. The number of carboxylic acid groups (broad SMARTS) is 1. The maximum atomic E-state index is 11.1. The lowest BCUT2D eigenvalue weighted by atomic mass is 9.88. The molecule has 15 heavy (non-hydrogen) atoms. The molecule has 3 nitrogen and oxygen atoms in total. The number of carbonyl (C=O) groups is 1. The number of halogens is 1. The minimum atomic E-state index is -0.707. The third kappa shape index (κ3) is 2.30. The highest BCUT2D eigenvalue weighted by Gasteiger charge is 2.42. The van der Waals surface area contributed by atoms with Gasteiger partial charge in [-0.25, -0.2) is 4.79 Å². The Bertz CT molecular complexity index is 233. The molecule has 0 radical (unpaired) electrons. The van der Waals surface area contributed by atoms with E-state index < -0.39 is 6.09 Å². The van der Waals surface area contributed by atoms with Gasteiger partial charge in [0.2, 0.25) is 0 Å². The molecule has 0 aliphatic carbocycles. The Morgan fingerprint density at radius 3 is 2.40 bits per heavy atom. The summed E-state index contributed by atoms with van der Waals surface area (Å²) in [5, 5.41) is 10.2. The van der Waals surface area contributed by atoms with Gasteiger partial charge < -0.3 is 10.0 Å². The molecule has 4 heteroatoms. The van der Waals surface area contributed by atoms with Crippen molar-refractivity contribution in [1.82, 2.24) is 4.90 Å². The molecule has 2 heterocycles. The monoisotopic (exact) mass is 275 g/mol. The summed E-state index contributed by atoms with van der Waals surface area (Å²) < 4.78 is 0. The molecule has 0 saturated carbocycles. The van der Waals surface area contributed by atoms with Crippen molar-refractivity contribution in [2.75, 3.05) is 5.33 Å². The summed E-state index contributed by atoms with van der Waals surface area (Å²) >= 11 is 3.45. The number of nitrogens with zero attached hydrogens (tertiary/aromatic N) is 1. The van der Waals surface area contributed by atoms with Gasteiger partial charge in [-0.15, -0.1) is 0 Å². The van der Waals surface area contributed by atoms with Crippen LogP contribution in [-0.4, -0.2) is 33.5 Å². The van der Waals surface area contributed by atoms with Gasteiger partial charge in [0.1, 0.15) is 0 Å². The lowest BCUT2D eigenvalue weighted by molar-refractivity contribution is 0.0831. The molecule has 1 amide bonds. The lowest BCUT2D eigenvalue weighted by Crippen LogP contribution is -2.45. The van der Waals surface area contributed by atoms with E-state index in [-0.39, 0.29) is 0 Å². The molecular formula is C11H18BrNO2. The number of rotatable bonds is 3. The first kappa shape index (κ1) is 11.2. The molecule has 2 bridgehead atoms. The van der Waals surface area contributed by atoms with Crippen LogP contribution in [0.1, 0.15) is 38.5 Å². The summed E-state index contributed by atoms with van der Waals surface area (Å²) in [6, 6.07) is 0.642. The number of piperidine rings is 1. The molecular weight excluding hydrogens is 258 g/mol. The summed E-state index contributed by atoms with van der Waals surface area (Å²) in [5.74, 6) is 0.760. The minimum absolute atomic E-state index is 0.321. The van der Waals surface area contributed by atoms with E-state index >= 15 is 0 Å². The third-order valence-corrected chi connectivity index (χ3v) is 4.36. The van der Waals surface area contributed by atoms with Gasteiger partial charge in [0.05, 0.1) is 0 Å². The second-order valence-corrected chi connectivity index (χ2v) is 5.54. The average molecular weight is 276 g/mol. The van der Waals surface area contributed by atoms with Crippen molar-refractivity contribution in [3.8, 4) is 0 Å². The number of fused-ring (bicyclic) bond motifs is 2. The van der Waals surface area contributed by atoms with Crippen LogP contribution in [0.15, 0.2) is 0 Å². The van der Waals surface area contributed by atoms with Crippen LogP contribution in [0.4, 0.5) is 4.79 Å². The topological polar surface area (TPSA) is 40.5 Å². The van der Waals surface area contributed by atoms with Crippen LogP contribution in [0, 0.1) is 5.92 Å². The predicted molar refractivity (Wildman–Crippen MR) is 62.4 cm³/mol. The van der Waals surface area contributed by atoms with Crippen LogP contribution in [-0.2, 0) is 0 Å². The van der Waals surface area contributed by atoms with Gasteiger partial charge in [0, 0.05) is 17.4 Å². The Balaban J connectivity index is 1.93. The first-order chi connectivity index (χ1) is 7.22. The zero-order chi connectivity index (χ0) is 10.8. The lowest BCUT2D eigenvalue weighted by Gasteiger charge is -2.37. The molecule has 2 unspecified atom stereocenters. The number of amides is 1. The average Bonchev–Trinajstić information content (AvgIpc) is 2.48. The highest BCUT2D eigenvalue weighted by Crippen LogP contribution is 2.40. The second kappa shape index (κ2) is 4.73. The van der Waals surface area contributed by atoms with Gasteiger partial charge in [0.15, 0.2) is 0 Å². The van der Waals surface area contributed by atoms with E-state index in [1.54, 1.807) is 4.90 Å². The van der Waals surface area contributed by atoms with Crippen molar-refractivity contribution >= 4 is 22.0 Å². The molecule has 2 aliphatic rings. The second-order valence-electron chi connectivity index (χ2n) is 4.74. The highest BCUT2D eigenvalue weighted by molar-refractivity contribution is 9.09. The Kier molecular flexibility index (Phi) is 3.54. The Labute approximate surface area is 99.0 Å². The molecule has 0 aromatic rings. The van der Waals surface area contributed by atoms with Gasteiger partial charge in [0.25, 0.3) is 0 Å². The molecule has 86 valence electrons. The number of hydrogen-bond acceptors (Lipinski definition) is 1. The van der Waals surface area contributed by atoms with Gasteiger partial charge in [-0.05, 0) is 44.4 Å². The normalized spacial score (nSPS) is 34.5. The van der Waals surface area contributed by atoms with Crippen molar-refractivity contribution in [3.05, 3.63) is 0 Å². The van der Waals surface area contributed by atoms with Crippen molar-refractivity contribution in [3.63, 3.8) is 0 Å². The van der Waals surface area contributed by atoms with Gasteiger partial charge in [-0.1, -0.05) is 15.9 Å². The maximum Gasteiger partial charge on any atom is 0.407 e. The number of alkyl halides is 1. The third-order valence-electron chi connectivity index (χ3n) is 3.80. The SMILES string of the molecule is O=C(O)N1C2CCC1CC(CCCBr)C2.